The summed E-state index contributed by atoms with van der Waals surface area (Å²) in [6, 6.07) is -0.786. The third-order valence-electron chi connectivity index (χ3n) is 2.93. The molecule has 1 fully saturated rings. The molecule has 2 unspecified atom stereocenters. The number of hydrogen-bond donors (Lipinski definition) is 3. The standard InChI is InChI=1S/C12H21NO5/c1-12(2,3)18-11(17)13-8(7-5-4-6-7)9(14)10(15)16/h7-9,14H,4-6H2,1-3H3,(H,13,17)(H,15,16). The van der Waals surface area contributed by atoms with Crippen molar-refractivity contribution in [1.29, 1.82) is 0 Å². The molecule has 1 amide bonds. The van der Waals surface area contributed by atoms with Crippen molar-refractivity contribution in [3.05, 3.63) is 0 Å². The summed E-state index contributed by atoms with van der Waals surface area (Å²) in [5.74, 6) is -1.33. The molecule has 1 aliphatic rings. The maximum absolute atomic E-state index is 11.6. The summed E-state index contributed by atoms with van der Waals surface area (Å²) in [7, 11) is 0. The second-order valence-electron chi connectivity index (χ2n) is 5.65. The van der Waals surface area contributed by atoms with Crippen LogP contribution in [0.15, 0.2) is 0 Å². The van der Waals surface area contributed by atoms with Crippen LogP contribution < -0.4 is 5.32 Å². The lowest BCUT2D eigenvalue weighted by molar-refractivity contribution is -0.149. The average molecular weight is 259 g/mol. The number of aliphatic hydroxyl groups is 1. The van der Waals surface area contributed by atoms with E-state index in [1.807, 2.05) is 0 Å². The minimum atomic E-state index is -1.59. The second-order valence-corrected chi connectivity index (χ2v) is 5.65. The highest BCUT2D eigenvalue weighted by Gasteiger charge is 2.37. The van der Waals surface area contributed by atoms with Crippen LogP contribution in [0.1, 0.15) is 40.0 Å². The van der Waals surface area contributed by atoms with E-state index >= 15 is 0 Å². The molecule has 3 N–H and O–H groups in total. The van der Waals surface area contributed by atoms with Crippen molar-refractivity contribution in [3.63, 3.8) is 0 Å². The summed E-state index contributed by atoms with van der Waals surface area (Å²) < 4.78 is 5.06. The smallest absolute Gasteiger partial charge is 0.407 e. The monoisotopic (exact) mass is 259 g/mol. The highest BCUT2D eigenvalue weighted by molar-refractivity contribution is 5.75. The first-order valence-electron chi connectivity index (χ1n) is 6.11. The van der Waals surface area contributed by atoms with Crippen molar-refractivity contribution >= 4 is 12.1 Å². The lowest BCUT2D eigenvalue weighted by atomic mass is 9.77. The van der Waals surface area contributed by atoms with Crippen molar-refractivity contribution in [2.45, 2.75) is 57.8 Å². The van der Waals surface area contributed by atoms with Gasteiger partial charge < -0.3 is 20.3 Å². The van der Waals surface area contributed by atoms with Crippen molar-refractivity contribution in [1.82, 2.24) is 5.32 Å². The lowest BCUT2D eigenvalue weighted by Crippen LogP contribution is -2.53. The van der Waals surface area contributed by atoms with Gasteiger partial charge in [-0.1, -0.05) is 6.42 Å². The lowest BCUT2D eigenvalue weighted by Gasteiger charge is -2.35. The molecule has 1 saturated carbocycles. The normalized spacial score (nSPS) is 19.6. The molecule has 6 heteroatoms. The third-order valence-corrected chi connectivity index (χ3v) is 2.93. The Labute approximate surface area is 106 Å². The Morgan fingerprint density at radius 3 is 2.22 bits per heavy atom. The minimum absolute atomic E-state index is 0.00335. The Balaban J connectivity index is 2.61. The van der Waals surface area contributed by atoms with Gasteiger partial charge in [-0.25, -0.2) is 9.59 Å². The molecule has 0 heterocycles. The van der Waals surface area contributed by atoms with E-state index in [4.69, 9.17) is 9.84 Å². The molecule has 0 radical (unpaired) electrons. The van der Waals surface area contributed by atoms with Gasteiger partial charge >= 0.3 is 12.1 Å². The van der Waals surface area contributed by atoms with Crippen molar-refractivity contribution in [3.8, 4) is 0 Å². The molecule has 1 rings (SSSR count). The topological polar surface area (TPSA) is 95.9 Å². The van der Waals surface area contributed by atoms with E-state index in [-0.39, 0.29) is 5.92 Å². The number of carboxylic acids is 1. The Morgan fingerprint density at radius 2 is 1.89 bits per heavy atom. The zero-order valence-electron chi connectivity index (χ0n) is 11.0. The Bertz CT molecular complexity index is 319. The number of amides is 1. The molecule has 0 saturated heterocycles. The maximum Gasteiger partial charge on any atom is 0.407 e. The molecule has 0 aromatic heterocycles. The SMILES string of the molecule is CC(C)(C)OC(=O)NC(C1CCC1)C(O)C(=O)O. The van der Waals surface area contributed by atoms with Gasteiger partial charge in [-0.15, -0.1) is 0 Å². The largest absolute Gasteiger partial charge is 0.479 e. The quantitative estimate of drug-likeness (QED) is 0.703. The van der Waals surface area contributed by atoms with Gasteiger partial charge in [0.15, 0.2) is 6.10 Å². The first kappa shape index (κ1) is 14.8. The summed E-state index contributed by atoms with van der Waals surface area (Å²) in [5.41, 5.74) is -0.650. The molecule has 0 aliphatic heterocycles. The second kappa shape index (κ2) is 5.56. The number of nitrogens with one attached hydrogen (secondary N) is 1. The van der Waals surface area contributed by atoms with Crippen LogP contribution in [0.2, 0.25) is 0 Å². The maximum atomic E-state index is 11.6. The fraction of sp³-hybridized carbons (Fsp3) is 0.833. The van der Waals surface area contributed by atoms with E-state index in [2.05, 4.69) is 5.32 Å². The van der Waals surface area contributed by atoms with Gasteiger partial charge in [0.2, 0.25) is 0 Å². The number of carbonyl (C=O) groups excluding carboxylic acids is 1. The first-order valence-corrected chi connectivity index (χ1v) is 6.11. The van der Waals surface area contributed by atoms with Gasteiger partial charge in [0.25, 0.3) is 0 Å². The predicted molar refractivity (Wildman–Crippen MR) is 64.1 cm³/mol. The van der Waals surface area contributed by atoms with E-state index in [0.717, 1.165) is 19.3 Å². The molecule has 2 atom stereocenters. The summed E-state index contributed by atoms with van der Waals surface area (Å²) in [6.07, 6.45) is 0.321. The molecule has 1 aliphatic carbocycles. The average Bonchev–Trinajstić information content (AvgIpc) is 2.09. The summed E-state index contributed by atoms with van der Waals surface area (Å²) in [4.78, 5) is 22.4. The zero-order chi connectivity index (χ0) is 13.9. The van der Waals surface area contributed by atoms with Crippen LogP contribution in [0, 0.1) is 5.92 Å². The highest BCUT2D eigenvalue weighted by Crippen LogP contribution is 2.31. The Kier molecular flexibility index (Phi) is 4.56. The van der Waals surface area contributed by atoms with Crippen LogP contribution in [0.4, 0.5) is 4.79 Å². The van der Waals surface area contributed by atoms with Gasteiger partial charge in [0, 0.05) is 0 Å². The van der Waals surface area contributed by atoms with Crippen molar-refractivity contribution in [2.24, 2.45) is 5.92 Å². The third kappa shape index (κ3) is 4.18. The Morgan fingerprint density at radius 1 is 1.33 bits per heavy atom. The van der Waals surface area contributed by atoms with Crippen molar-refractivity contribution in [2.75, 3.05) is 0 Å². The predicted octanol–water partition coefficient (Wildman–Crippen LogP) is 1.13. The number of ether oxygens (including phenoxy) is 1. The summed E-state index contributed by atoms with van der Waals surface area (Å²) in [6.45, 7) is 5.16. The molecule has 104 valence electrons. The van der Waals surface area contributed by atoms with E-state index in [9.17, 15) is 14.7 Å². The van der Waals surface area contributed by atoms with Gasteiger partial charge in [-0.2, -0.15) is 0 Å². The zero-order valence-corrected chi connectivity index (χ0v) is 11.0. The molecule has 0 bridgehead atoms. The number of carbonyl (C=O) groups is 2. The molecular formula is C12H21NO5. The molecule has 6 nitrogen and oxygen atoms in total. The van der Waals surface area contributed by atoms with E-state index in [1.165, 1.54) is 0 Å². The van der Waals surface area contributed by atoms with E-state index in [1.54, 1.807) is 20.8 Å². The van der Waals surface area contributed by atoms with Crippen LogP contribution in [-0.2, 0) is 9.53 Å². The number of rotatable bonds is 4. The van der Waals surface area contributed by atoms with Crippen LogP contribution >= 0.6 is 0 Å². The number of aliphatic carboxylic acids is 1. The Hall–Kier alpha value is -1.30. The first-order chi connectivity index (χ1) is 8.20. The van der Waals surface area contributed by atoms with Crippen LogP contribution in [0.25, 0.3) is 0 Å². The molecule has 0 aromatic rings. The van der Waals surface area contributed by atoms with Crippen LogP contribution in [-0.4, -0.2) is 40.0 Å². The number of hydrogen-bond acceptors (Lipinski definition) is 4. The summed E-state index contributed by atoms with van der Waals surface area (Å²) >= 11 is 0. The molecule has 0 aromatic carbocycles. The molecule has 0 spiro atoms. The van der Waals surface area contributed by atoms with Crippen LogP contribution in [0.3, 0.4) is 0 Å². The minimum Gasteiger partial charge on any atom is -0.479 e. The number of alkyl carbamates (subject to hydrolysis) is 1. The van der Waals surface area contributed by atoms with Gasteiger partial charge in [0.1, 0.15) is 5.60 Å². The number of aliphatic hydroxyl groups excluding tert-OH is 1. The van der Waals surface area contributed by atoms with Crippen LogP contribution in [0.5, 0.6) is 0 Å². The molecule has 18 heavy (non-hydrogen) atoms. The van der Waals surface area contributed by atoms with Gasteiger partial charge in [0.05, 0.1) is 6.04 Å². The van der Waals surface area contributed by atoms with Crippen molar-refractivity contribution < 1.29 is 24.5 Å². The van der Waals surface area contributed by atoms with Gasteiger partial charge in [-0.3, -0.25) is 0 Å². The van der Waals surface area contributed by atoms with Gasteiger partial charge in [-0.05, 0) is 39.5 Å². The summed E-state index contributed by atoms with van der Waals surface area (Å²) in [5, 5.41) is 20.9. The fourth-order valence-corrected chi connectivity index (χ4v) is 1.85. The highest BCUT2D eigenvalue weighted by atomic mass is 16.6. The van der Waals surface area contributed by atoms with E-state index < -0.39 is 29.8 Å². The fourth-order valence-electron chi connectivity index (χ4n) is 1.85. The van der Waals surface area contributed by atoms with E-state index in [0.29, 0.717) is 0 Å². The molecular weight excluding hydrogens is 238 g/mol. The number of carboxylic acid groups (broad SMARTS) is 1.